The van der Waals surface area contributed by atoms with Gasteiger partial charge in [-0.2, -0.15) is 5.10 Å². The first-order valence-electron chi connectivity index (χ1n) is 9.60. The fraction of sp³-hybridized carbons (Fsp3) is 0.0435. The summed E-state index contributed by atoms with van der Waals surface area (Å²) in [7, 11) is 0. The molecule has 0 aliphatic carbocycles. The largest absolute Gasteiger partial charge is 0.508 e. The van der Waals surface area contributed by atoms with Gasteiger partial charge in [0, 0.05) is 16.3 Å². The summed E-state index contributed by atoms with van der Waals surface area (Å²) in [5.41, 5.74) is 5.00. The Bertz CT molecular complexity index is 1230. The number of thioether (sulfide) groups is 1. The van der Waals surface area contributed by atoms with E-state index in [1.807, 2.05) is 47.0 Å². The zero-order valence-corrected chi connectivity index (χ0v) is 18.3. The van der Waals surface area contributed by atoms with Gasteiger partial charge in [-0.15, -0.1) is 10.2 Å². The van der Waals surface area contributed by atoms with E-state index in [1.54, 1.807) is 36.4 Å². The zero-order chi connectivity index (χ0) is 22.3. The van der Waals surface area contributed by atoms with Crippen LogP contribution in [0.25, 0.3) is 17.1 Å². The number of rotatable bonds is 7. The molecule has 3 aromatic carbocycles. The minimum atomic E-state index is -0.281. The first-order valence-corrected chi connectivity index (χ1v) is 11.0. The molecule has 0 aliphatic rings. The molecule has 0 saturated heterocycles. The molecule has 9 heteroatoms. The molecule has 160 valence electrons. The van der Waals surface area contributed by atoms with Crippen LogP contribution in [0.2, 0.25) is 5.02 Å². The number of carbonyl (C=O) groups is 1. The average molecular weight is 464 g/mol. The normalized spacial score (nSPS) is 11.0. The predicted octanol–water partition coefficient (Wildman–Crippen LogP) is 4.54. The molecule has 1 aromatic heterocycles. The fourth-order valence-electron chi connectivity index (χ4n) is 2.86. The van der Waals surface area contributed by atoms with Gasteiger partial charge in [-0.1, -0.05) is 53.7 Å². The Labute approximate surface area is 193 Å². The quantitative estimate of drug-likeness (QED) is 0.238. The van der Waals surface area contributed by atoms with Crippen molar-refractivity contribution in [2.75, 3.05) is 5.75 Å². The van der Waals surface area contributed by atoms with Gasteiger partial charge in [-0.25, -0.2) is 5.43 Å². The Balaban J connectivity index is 1.49. The Morgan fingerprint density at radius 2 is 1.75 bits per heavy atom. The highest BCUT2D eigenvalue weighted by Gasteiger charge is 2.17. The highest BCUT2D eigenvalue weighted by molar-refractivity contribution is 7.99. The summed E-state index contributed by atoms with van der Waals surface area (Å²) in [6, 6.07) is 23.5. The van der Waals surface area contributed by atoms with Gasteiger partial charge < -0.3 is 5.11 Å². The lowest BCUT2D eigenvalue weighted by molar-refractivity contribution is -0.118. The highest BCUT2D eigenvalue weighted by Crippen LogP contribution is 2.28. The van der Waals surface area contributed by atoms with E-state index >= 15 is 0 Å². The van der Waals surface area contributed by atoms with Crippen molar-refractivity contribution >= 4 is 35.5 Å². The summed E-state index contributed by atoms with van der Waals surface area (Å²) in [5, 5.41) is 23.1. The topological polar surface area (TPSA) is 92.4 Å². The number of phenolic OH excluding ortho intramolecular Hbond substituents is 1. The van der Waals surface area contributed by atoms with Crippen LogP contribution in [0.4, 0.5) is 0 Å². The van der Waals surface area contributed by atoms with Crippen molar-refractivity contribution < 1.29 is 9.90 Å². The average Bonchev–Trinajstić information content (AvgIpc) is 3.24. The van der Waals surface area contributed by atoms with E-state index in [1.165, 1.54) is 18.0 Å². The number of halogens is 1. The lowest BCUT2D eigenvalue weighted by Gasteiger charge is -2.10. The summed E-state index contributed by atoms with van der Waals surface area (Å²) in [4.78, 5) is 12.3. The minimum Gasteiger partial charge on any atom is -0.508 e. The van der Waals surface area contributed by atoms with Crippen molar-refractivity contribution in [2.24, 2.45) is 5.10 Å². The number of amides is 1. The van der Waals surface area contributed by atoms with Crippen molar-refractivity contribution in [3.63, 3.8) is 0 Å². The van der Waals surface area contributed by atoms with Crippen LogP contribution in [0.3, 0.4) is 0 Å². The first kappa shape index (κ1) is 21.6. The summed E-state index contributed by atoms with van der Waals surface area (Å²) < 4.78 is 1.89. The number of nitrogens with one attached hydrogen (secondary N) is 1. The van der Waals surface area contributed by atoms with Gasteiger partial charge in [0.05, 0.1) is 12.0 Å². The molecular formula is C23H18ClN5O2S. The lowest BCUT2D eigenvalue weighted by Crippen LogP contribution is -2.20. The Morgan fingerprint density at radius 3 is 2.47 bits per heavy atom. The molecule has 4 aromatic rings. The second-order valence-electron chi connectivity index (χ2n) is 6.66. The van der Waals surface area contributed by atoms with Crippen molar-refractivity contribution in [3.8, 4) is 22.8 Å². The van der Waals surface area contributed by atoms with Gasteiger partial charge in [0.1, 0.15) is 5.75 Å². The Hall–Kier alpha value is -3.62. The SMILES string of the molecule is O=C(CSc1nnc(-c2ccccc2)n1-c1ccc(Cl)cc1)NN=Cc1ccc(O)cc1. The van der Waals surface area contributed by atoms with Crippen LogP contribution in [0.1, 0.15) is 5.56 Å². The number of hydrogen-bond acceptors (Lipinski definition) is 6. The lowest BCUT2D eigenvalue weighted by atomic mass is 10.2. The van der Waals surface area contributed by atoms with E-state index in [9.17, 15) is 9.90 Å². The van der Waals surface area contributed by atoms with Crippen LogP contribution >= 0.6 is 23.4 Å². The first-order chi connectivity index (χ1) is 15.6. The summed E-state index contributed by atoms with van der Waals surface area (Å²) in [6.45, 7) is 0. The van der Waals surface area contributed by atoms with Crippen molar-refractivity contribution in [2.45, 2.75) is 5.16 Å². The van der Waals surface area contributed by atoms with Crippen LogP contribution in [0.5, 0.6) is 5.75 Å². The third-order valence-corrected chi connectivity index (χ3v) is 5.56. The van der Waals surface area contributed by atoms with Crippen molar-refractivity contribution in [1.82, 2.24) is 20.2 Å². The van der Waals surface area contributed by atoms with Crippen LogP contribution in [0, 0.1) is 0 Å². The molecular weight excluding hydrogens is 446 g/mol. The molecule has 0 bridgehead atoms. The molecule has 0 aliphatic heterocycles. The van der Waals surface area contributed by atoms with Gasteiger partial charge in [-0.3, -0.25) is 9.36 Å². The number of aromatic hydroxyl groups is 1. The van der Waals surface area contributed by atoms with Gasteiger partial charge in [0.15, 0.2) is 11.0 Å². The summed E-state index contributed by atoms with van der Waals surface area (Å²) in [6.07, 6.45) is 1.51. The minimum absolute atomic E-state index is 0.105. The molecule has 4 rings (SSSR count). The van der Waals surface area contributed by atoms with Gasteiger partial charge in [0.25, 0.3) is 5.91 Å². The molecule has 7 nitrogen and oxygen atoms in total. The van der Waals surface area contributed by atoms with Crippen LogP contribution < -0.4 is 5.43 Å². The van der Waals surface area contributed by atoms with Gasteiger partial charge in [-0.05, 0) is 54.1 Å². The predicted molar refractivity (Wildman–Crippen MR) is 126 cm³/mol. The van der Waals surface area contributed by atoms with Crippen LogP contribution in [0.15, 0.2) is 89.1 Å². The molecule has 0 radical (unpaired) electrons. The molecule has 32 heavy (non-hydrogen) atoms. The number of benzene rings is 3. The number of hydrogen-bond donors (Lipinski definition) is 2. The van der Waals surface area contributed by atoms with Crippen molar-refractivity contribution in [3.05, 3.63) is 89.4 Å². The van der Waals surface area contributed by atoms with E-state index in [4.69, 9.17) is 11.6 Å². The maximum Gasteiger partial charge on any atom is 0.250 e. The second-order valence-corrected chi connectivity index (χ2v) is 8.04. The highest BCUT2D eigenvalue weighted by atomic mass is 35.5. The van der Waals surface area contributed by atoms with E-state index in [0.29, 0.717) is 16.0 Å². The summed E-state index contributed by atoms with van der Waals surface area (Å²) >= 11 is 7.30. The number of carbonyl (C=O) groups excluding carboxylic acids is 1. The van der Waals surface area contributed by atoms with E-state index in [-0.39, 0.29) is 17.4 Å². The summed E-state index contributed by atoms with van der Waals surface area (Å²) in [5.74, 6) is 0.661. The van der Waals surface area contributed by atoms with Crippen molar-refractivity contribution in [1.29, 1.82) is 0 Å². The number of aromatic nitrogens is 3. The van der Waals surface area contributed by atoms with Gasteiger partial charge >= 0.3 is 0 Å². The molecule has 2 N–H and O–H groups in total. The maximum absolute atomic E-state index is 12.3. The van der Waals surface area contributed by atoms with Crippen LogP contribution in [-0.2, 0) is 4.79 Å². The zero-order valence-electron chi connectivity index (χ0n) is 16.7. The Morgan fingerprint density at radius 1 is 1.03 bits per heavy atom. The molecule has 1 heterocycles. The second kappa shape index (κ2) is 10.1. The number of hydrazone groups is 1. The molecule has 0 fully saturated rings. The van der Waals surface area contributed by atoms with Gasteiger partial charge in [0.2, 0.25) is 0 Å². The molecule has 0 unspecified atom stereocenters. The molecule has 0 spiro atoms. The molecule has 0 atom stereocenters. The molecule has 0 saturated carbocycles. The standard InChI is InChI=1S/C23H18ClN5O2S/c24-18-8-10-19(11-9-18)29-22(17-4-2-1-3-5-17)27-28-23(29)32-15-21(31)26-25-14-16-6-12-20(30)13-7-16/h1-14,30H,15H2,(H,26,31). The smallest absolute Gasteiger partial charge is 0.250 e. The van der Waals surface area contributed by atoms with E-state index in [2.05, 4.69) is 20.7 Å². The third-order valence-electron chi connectivity index (χ3n) is 4.38. The maximum atomic E-state index is 12.3. The Kier molecular flexibility index (Phi) is 6.84. The van der Waals surface area contributed by atoms with E-state index < -0.39 is 0 Å². The molecule has 1 amide bonds. The van der Waals surface area contributed by atoms with Crippen LogP contribution in [-0.4, -0.2) is 37.7 Å². The number of nitrogens with zero attached hydrogens (tertiary/aromatic N) is 4. The monoisotopic (exact) mass is 463 g/mol. The van der Waals surface area contributed by atoms with E-state index in [0.717, 1.165) is 16.8 Å². The third kappa shape index (κ3) is 5.35. The number of phenols is 1. The fourth-order valence-corrected chi connectivity index (χ4v) is 3.73.